The van der Waals surface area contributed by atoms with Crippen LogP contribution in [0.1, 0.15) is 24.2 Å². The monoisotopic (exact) mass is 252 g/mol. The molecule has 1 aromatic rings. The van der Waals surface area contributed by atoms with Crippen molar-refractivity contribution in [2.45, 2.75) is 19.4 Å². The lowest BCUT2D eigenvalue weighted by atomic mass is 10.1. The van der Waals surface area contributed by atoms with Crippen molar-refractivity contribution in [2.75, 3.05) is 26.5 Å². The van der Waals surface area contributed by atoms with Crippen LogP contribution >= 0.6 is 0 Å². The van der Waals surface area contributed by atoms with E-state index >= 15 is 0 Å². The smallest absolute Gasteiger partial charge is 0.253 e. The van der Waals surface area contributed by atoms with Gasteiger partial charge >= 0.3 is 0 Å². The van der Waals surface area contributed by atoms with Crippen LogP contribution in [0.5, 0.6) is 5.75 Å². The zero-order valence-corrected chi connectivity index (χ0v) is 11.2. The maximum absolute atomic E-state index is 11.9. The molecule has 0 radical (unpaired) electrons. The first-order chi connectivity index (χ1) is 8.39. The lowest BCUT2D eigenvalue weighted by Gasteiger charge is -2.23. The number of anilines is 1. The molecule has 0 spiro atoms. The molecule has 0 aliphatic carbocycles. The highest BCUT2D eigenvalue weighted by molar-refractivity contribution is 5.99. The molecule has 18 heavy (non-hydrogen) atoms. The Bertz CT molecular complexity index is 430. The molecule has 100 valence electrons. The average Bonchev–Trinajstić information content (AvgIpc) is 2.36. The van der Waals surface area contributed by atoms with Crippen molar-refractivity contribution in [3.63, 3.8) is 0 Å². The van der Waals surface area contributed by atoms with Gasteiger partial charge in [-0.25, -0.2) is 0 Å². The molecule has 0 saturated heterocycles. The molecule has 0 fully saturated rings. The van der Waals surface area contributed by atoms with Crippen LogP contribution in [0, 0.1) is 0 Å². The first-order valence-electron chi connectivity index (χ1n) is 5.66. The molecule has 3 N–H and O–H groups in total. The SMILES string of the molecule is COc1ccc(C(=O)NCC(C)(C)OC)c(N)c1. The second-order valence-electron chi connectivity index (χ2n) is 4.60. The standard InChI is InChI=1S/C13H20N2O3/c1-13(2,18-4)8-15-12(16)10-6-5-9(17-3)7-11(10)14/h5-7H,8,14H2,1-4H3,(H,15,16). The minimum atomic E-state index is -0.406. The first-order valence-corrected chi connectivity index (χ1v) is 5.66. The van der Waals surface area contributed by atoms with Gasteiger partial charge in [0.1, 0.15) is 5.75 Å². The fraction of sp³-hybridized carbons (Fsp3) is 0.462. The molecule has 0 aliphatic rings. The van der Waals surface area contributed by atoms with Crippen molar-refractivity contribution in [1.29, 1.82) is 0 Å². The van der Waals surface area contributed by atoms with E-state index in [0.29, 0.717) is 23.5 Å². The molecular formula is C13H20N2O3. The molecule has 0 heterocycles. The van der Waals surface area contributed by atoms with Crippen molar-refractivity contribution >= 4 is 11.6 Å². The number of benzene rings is 1. The third-order valence-corrected chi connectivity index (χ3v) is 2.73. The van der Waals surface area contributed by atoms with Crippen molar-refractivity contribution in [3.05, 3.63) is 23.8 Å². The molecule has 1 amide bonds. The van der Waals surface area contributed by atoms with E-state index in [9.17, 15) is 4.79 Å². The Morgan fingerprint density at radius 3 is 2.56 bits per heavy atom. The van der Waals surface area contributed by atoms with E-state index in [1.807, 2.05) is 13.8 Å². The Balaban J connectivity index is 2.73. The molecule has 0 atom stereocenters. The maximum atomic E-state index is 11.9. The fourth-order valence-electron chi connectivity index (χ4n) is 1.34. The second-order valence-corrected chi connectivity index (χ2v) is 4.60. The van der Waals surface area contributed by atoms with E-state index in [1.165, 1.54) is 0 Å². The summed E-state index contributed by atoms with van der Waals surface area (Å²) in [7, 11) is 3.16. The number of ether oxygens (including phenoxy) is 2. The summed E-state index contributed by atoms with van der Waals surface area (Å²) < 4.78 is 10.3. The summed E-state index contributed by atoms with van der Waals surface area (Å²) in [6, 6.07) is 4.96. The predicted octanol–water partition coefficient (Wildman–Crippen LogP) is 1.43. The Kier molecular flexibility index (Phi) is 4.55. The van der Waals surface area contributed by atoms with Gasteiger partial charge in [-0.15, -0.1) is 0 Å². The summed E-state index contributed by atoms with van der Waals surface area (Å²) in [5, 5.41) is 2.78. The molecule has 0 aromatic heterocycles. The maximum Gasteiger partial charge on any atom is 0.253 e. The molecule has 0 bridgehead atoms. The van der Waals surface area contributed by atoms with Crippen LogP contribution < -0.4 is 15.8 Å². The van der Waals surface area contributed by atoms with Crippen LogP contribution in [0.15, 0.2) is 18.2 Å². The largest absolute Gasteiger partial charge is 0.497 e. The topological polar surface area (TPSA) is 73.6 Å². The highest BCUT2D eigenvalue weighted by atomic mass is 16.5. The molecule has 5 nitrogen and oxygen atoms in total. The molecule has 0 aliphatic heterocycles. The van der Waals surface area contributed by atoms with E-state index in [-0.39, 0.29) is 5.91 Å². The van der Waals surface area contributed by atoms with E-state index in [4.69, 9.17) is 15.2 Å². The van der Waals surface area contributed by atoms with Crippen LogP contribution in [0.25, 0.3) is 0 Å². The number of rotatable bonds is 5. The van der Waals surface area contributed by atoms with Gasteiger partial charge in [0.25, 0.3) is 5.91 Å². The minimum Gasteiger partial charge on any atom is -0.497 e. The van der Waals surface area contributed by atoms with Crippen LogP contribution in [0.4, 0.5) is 5.69 Å². The number of hydrogen-bond donors (Lipinski definition) is 2. The van der Waals surface area contributed by atoms with E-state index in [0.717, 1.165) is 0 Å². The van der Waals surface area contributed by atoms with Gasteiger partial charge in [0.15, 0.2) is 0 Å². The zero-order chi connectivity index (χ0) is 13.8. The summed E-state index contributed by atoms with van der Waals surface area (Å²) >= 11 is 0. The number of nitrogen functional groups attached to an aromatic ring is 1. The van der Waals surface area contributed by atoms with Gasteiger partial charge in [0, 0.05) is 25.4 Å². The molecule has 5 heteroatoms. The molecule has 0 saturated carbocycles. The number of carbonyl (C=O) groups excluding carboxylic acids is 1. The number of carbonyl (C=O) groups is 1. The van der Waals surface area contributed by atoms with Crippen LogP contribution in [0.2, 0.25) is 0 Å². The van der Waals surface area contributed by atoms with Gasteiger partial charge in [-0.1, -0.05) is 0 Å². The average molecular weight is 252 g/mol. The summed E-state index contributed by atoms with van der Waals surface area (Å²) in [6.07, 6.45) is 0. The van der Waals surface area contributed by atoms with Gasteiger partial charge in [-0.3, -0.25) is 4.79 Å². The number of hydrogen-bond acceptors (Lipinski definition) is 4. The number of nitrogens with one attached hydrogen (secondary N) is 1. The normalized spacial score (nSPS) is 11.1. The van der Waals surface area contributed by atoms with Crippen molar-refractivity contribution < 1.29 is 14.3 Å². The van der Waals surface area contributed by atoms with E-state index in [1.54, 1.807) is 32.4 Å². The lowest BCUT2D eigenvalue weighted by molar-refractivity contribution is 0.0229. The lowest BCUT2D eigenvalue weighted by Crippen LogP contribution is -2.39. The van der Waals surface area contributed by atoms with Crippen molar-refractivity contribution in [2.24, 2.45) is 0 Å². The summed E-state index contributed by atoms with van der Waals surface area (Å²) in [5.41, 5.74) is 6.22. The Morgan fingerprint density at radius 2 is 2.06 bits per heavy atom. The number of methoxy groups -OCH3 is 2. The zero-order valence-electron chi connectivity index (χ0n) is 11.2. The molecule has 1 rings (SSSR count). The third-order valence-electron chi connectivity index (χ3n) is 2.73. The predicted molar refractivity (Wildman–Crippen MR) is 70.8 cm³/mol. The van der Waals surface area contributed by atoms with Gasteiger partial charge in [-0.05, 0) is 26.0 Å². The van der Waals surface area contributed by atoms with E-state index < -0.39 is 5.60 Å². The highest BCUT2D eigenvalue weighted by Crippen LogP contribution is 2.19. The van der Waals surface area contributed by atoms with Gasteiger partial charge in [0.05, 0.1) is 18.3 Å². The third kappa shape index (κ3) is 3.63. The quantitative estimate of drug-likeness (QED) is 0.777. The second kappa shape index (κ2) is 5.73. The van der Waals surface area contributed by atoms with Crippen molar-refractivity contribution in [1.82, 2.24) is 5.32 Å². The van der Waals surface area contributed by atoms with E-state index in [2.05, 4.69) is 5.32 Å². The Hall–Kier alpha value is -1.75. The molecular weight excluding hydrogens is 232 g/mol. The van der Waals surface area contributed by atoms with Crippen LogP contribution in [0.3, 0.4) is 0 Å². The number of amides is 1. The van der Waals surface area contributed by atoms with Crippen LogP contribution in [-0.2, 0) is 4.74 Å². The summed E-state index contributed by atoms with van der Waals surface area (Å²) in [5.74, 6) is 0.404. The molecule has 0 unspecified atom stereocenters. The van der Waals surface area contributed by atoms with Crippen LogP contribution in [-0.4, -0.2) is 32.3 Å². The highest BCUT2D eigenvalue weighted by Gasteiger charge is 2.18. The van der Waals surface area contributed by atoms with Gasteiger partial charge < -0.3 is 20.5 Å². The summed E-state index contributed by atoms with van der Waals surface area (Å²) in [6.45, 7) is 4.20. The minimum absolute atomic E-state index is 0.222. The fourth-order valence-corrected chi connectivity index (χ4v) is 1.34. The Labute approximate surface area is 107 Å². The van der Waals surface area contributed by atoms with Gasteiger partial charge in [-0.2, -0.15) is 0 Å². The summed E-state index contributed by atoms with van der Waals surface area (Å²) in [4.78, 5) is 11.9. The molecule has 1 aromatic carbocycles. The van der Waals surface area contributed by atoms with Gasteiger partial charge in [0.2, 0.25) is 0 Å². The Morgan fingerprint density at radius 1 is 1.39 bits per heavy atom. The number of nitrogens with two attached hydrogens (primary N) is 1. The van der Waals surface area contributed by atoms with Crippen molar-refractivity contribution in [3.8, 4) is 5.75 Å². The first kappa shape index (κ1) is 14.3.